The number of amides is 1. The van der Waals surface area contributed by atoms with Crippen LogP contribution in [0.2, 0.25) is 0 Å². The molecule has 3 rings (SSSR count). The number of nitrogens with two attached hydrogens (primary N) is 1. The maximum absolute atomic E-state index is 12.1. The first-order valence-corrected chi connectivity index (χ1v) is 6.40. The van der Waals surface area contributed by atoms with Crippen LogP contribution in [-0.2, 0) is 0 Å². The molecule has 0 spiro atoms. The molecule has 1 aromatic carbocycles. The van der Waals surface area contributed by atoms with Crippen molar-refractivity contribution in [2.45, 2.75) is 31.7 Å². The number of nitrogen functional groups attached to an aromatic ring is 1. The van der Waals surface area contributed by atoms with Crippen LogP contribution >= 0.6 is 12.4 Å². The molecule has 0 saturated heterocycles. The van der Waals surface area contributed by atoms with Crippen molar-refractivity contribution >= 4 is 24.0 Å². The third kappa shape index (κ3) is 2.96. The molecular formula is C14H19ClN2O. The van der Waals surface area contributed by atoms with Gasteiger partial charge in [0.2, 0.25) is 0 Å². The van der Waals surface area contributed by atoms with Crippen LogP contribution in [0.1, 0.15) is 36.0 Å². The van der Waals surface area contributed by atoms with Crippen LogP contribution in [0.25, 0.3) is 0 Å². The summed E-state index contributed by atoms with van der Waals surface area (Å²) in [6, 6.07) is 7.60. The highest BCUT2D eigenvalue weighted by atomic mass is 35.5. The molecule has 1 amide bonds. The minimum Gasteiger partial charge on any atom is -0.399 e. The van der Waals surface area contributed by atoms with Crippen LogP contribution in [0, 0.1) is 11.8 Å². The van der Waals surface area contributed by atoms with Crippen LogP contribution in [0.4, 0.5) is 5.69 Å². The second kappa shape index (κ2) is 5.19. The van der Waals surface area contributed by atoms with Gasteiger partial charge >= 0.3 is 0 Å². The van der Waals surface area contributed by atoms with Gasteiger partial charge in [0.1, 0.15) is 0 Å². The average molecular weight is 267 g/mol. The molecule has 0 atom stereocenters. The molecule has 0 heterocycles. The third-order valence-corrected chi connectivity index (χ3v) is 3.71. The van der Waals surface area contributed by atoms with Gasteiger partial charge in [-0.05, 0) is 55.7 Å². The highest BCUT2D eigenvalue weighted by Crippen LogP contribution is 2.44. The highest BCUT2D eigenvalue weighted by molar-refractivity contribution is 5.95. The summed E-state index contributed by atoms with van der Waals surface area (Å²) in [6.07, 6.45) is 5.10. The maximum Gasteiger partial charge on any atom is 0.251 e. The lowest BCUT2D eigenvalue weighted by Gasteiger charge is -2.17. The van der Waals surface area contributed by atoms with Crippen molar-refractivity contribution in [3.05, 3.63) is 29.8 Å². The van der Waals surface area contributed by atoms with E-state index in [1.165, 1.54) is 25.7 Å². The van der Waals surface area contributed by atoms with Crippen LogP contribution in [0.15, 0.2) is 24.3 Å². The maximum atomic E-state index is 12.1. The molecule has 18 heavy (non-hydrogen) atoms. The molecule has 0 aliphatic heterocycles. The van der Waals surface area contributed by atoms with Crippen molar-refractivity contribution in [2.24, 2.45) is 11.8 Å². The number of nitrogens with one attached hydrogen (secondary N) is 1. The summed E-state index contributed by atoms with van der Waals surface area (Å²) in [7, 11) is 0. The van der Waals surface area contributed by atoms with Gasteiger partial charge in [-0.2, -0.15) is 0 Å². The molecule has 1 aromatic rings. The molecule has 0 bridgehead atoms. The second-order valence-electron chi connectivity index (χ2n) is 5.30. The fraction of sp³-hybridized carbons (Fsp3) is 0.500. The Morgan fingerprint density at radius 1 is 1.22 bits per heavy atom. The highest BCUT2D eigenvalue weighted by Gasteiger charge is 2.42. The van der Waals surface area contributed by atoms with Crippen molar-refractivity contribution in [1.29, 1.82) is 0 Å². The van der Waals surface area contributed by atoms with Gasteiger partial charge in [0.05, 0.1) is 0 Å². The van der Waals surface area contributed by atoms with Crippen LogP contribution in [-0.4, -0.2) is 11.9 Å². The van der Waals surface area contributed by atoms with E-state index in [-0.39, 0.29) is 18.3 Å². The average Bonchev–Trinajstić information content (AvgIpc) is 3.16. The van der Waals surface area contributed by atoms with Gasteiger partial charge in [0.15, 0.2) is 0 Å². The molecule has 3 N–H and O–H groups in total. The monoisotopic (exact) mass is 266 g/mol. The predicted octanol–water partition coefficient (Wildman–Crippen LogP) is 2.61. The quantitative estimate of drug-likeness (QED) is 0.823. The van der Waals surface area contributed by atoms with Gasteiger partial charge < -0.3 is 11.1 Å². The second-order valence-corrected chi connectivity index (χ2v) is 5.30. The smallest absolute Gasteiger partial charge is 0.251 e. The zero-order valence-corrected chi connectivity index (χ0v) is 11.1. The first-order valence-electron chi connectivity index (χ1n) is 6.40. The standard InChI is InChI=1S/C14H18N2O.ClH/c15-12-3-1-2-11(8-12)14(17)16-13(9-4-5-9)10-6-7-10;/h1-3,8-10,13H,4-7,15H2,(H,16,17);1H. The number of hydrogen-bond acceptors (Lipinski definition) is 2. The van der Waals surface area contributed by atoms with E-state index in [0.717, 1.165) is 11.8 Å². The molecule has 2 aliphatic rings. The van der Waals surface area contributed by atoms with Crippen molar-refractivity contribution in [3.63, 3.8) is 0 Å². The summed E-state index contributed by atoms with van der Waals surface area (Å²) in [6.45, 7) is 0. The fourth-order valence-electron chi connectivity index (χ4n) is 2.45. The summed E-state index contributed by atoms with van der Waals surface area (Å²) >= 11 is 0. The number of rotatable bonds is 4. The van der Waals surface area contributed by atoms with Crippen LogP contribution in [0.5, 0.6) is 0 Å². The Hall–Kier alpha value is -1.22. The van der Waals surface area contributed by atoms with E-state index < -0.39 is 0 Å². The number of benzene rings is 1. The summed E-state index contributed by atoms with van der Waals surface area (Å²) in [4.78, 5) is 12.1. The van der Waals surface area contributed by atoms with Gasteiger partial charge in [-0.1, -0.05) is 6.07 Å². The fourth-order valence-corrected chi connectivity index (χ4v) is 2.45. The minimum atomic E-state index is 0. The molecule has 2 saturated carbocycles. The van der Waals surface area contributed by atoms with E-state index in [0.29, 0.717) is 17.3 Å². The normalized spacial score (nSPS) is 18.3. The SMILES string of the molecule is Cl.Nc1cccc(C(=O)NC(C2CC2)C2CC2)c1. The molecule has 0 unspecified atom stereocenters. The van der Waals surface area contributed by atoms with E-state index >= 15 is 0 Å². The molecule has 4 heteroatoms. The summed E-state index contributed by atoms with van der Waals surface area (Å²) < 4.78 is 0. The van der Waals surface area contributed by atoms with Crippen molar-refractivity contribution in [1.82, 2.24) is 5.32 Å². The van der Waals surface area contributed by atoms with Gasteiger partial charge in [0.25, 0.3) is 5.91 Å². The molecule has 3 nitrogen and oxygen atoms in total. The molecule has 0 aromatic heterocycles. The number of carbonyl (C=O) groups excluding carboxylic acids is 1. The zero-order chi connectivity index (χ0) is 11.8. The topological polar surface area (TPSA) is 55.1 Å². The summed E-state index contributed by atoms with van der Waals surface area (Å²) in [5, 5.41) is 3.19. The van der Waals surface area contributed by atoms with Crippen molar-refractivity contribution < 1.29 is 4.79 Å². The number of anilines is 1. The lowest BCUT2D eigenvalue weighted by molar-refractivity contribution is 0.0926. The first kappa shape index (κ1) is 13.2. The van der Waals surface area contributed by atoms with Gasteiger partial charge in [-0.15, -0.1) is 12.4 Å². The summed E-state index contributed by atoms with van der Waals surface area (Å²) in [5.74, 6) is 1.49. The first-order chi connectivity index (χ1) is 8.24. The van der Waals surface area contributed by atoms with Gasteiger partial charge in [-0.25, -0.2) is 0 Å². The third-order valence-electron chi connectivity index (χ3n) is 3.71. The Labute approximate surface area is 114 Å². The largest absolute Gasteiger partial charge is 0.399 e. The van der Waals surface area contributed by atoms with E-state index in [9.17, 15) is 4.79 Å². The van der Waals surface area contributed by atoms with Crippen LogP contribution in [0.3, 0.4) is 0 Å². The molecular weight excluding hydrogens is 248 g/mol. The van der Waals surface area contributed by atoms with Crippen molar-refractivity contribution in [3.8, 4) is 0 Å². The lowest BCUT2D eigenvalue weighted by atomic mass is 10.1. The minimum absolute atomic E-state index is 0. The lowest BCUT2D eigenvalue weighted by Crippen LogP contribution is -2.38. The Morgan fingerprint density at radius 3 is 2.33 bits per heavy atom. The van der Waals surface area contributed by atoms with E-state index in [1.807, 2.05) is 12.1 Å². The van der Waals surface area contributed by atoms with Gasteiger partial charge in [0, 0.05) is 17.3 Å². The van der Waals surface area contributed by atoms with Gasteiger partial charge in [-0.3, -0.25) is 4.79 Å². The van der Waals surface area contributed by atoms with Crippen molar-refractivity contribution in [2.75, 3.05) is 5.73 Å². The molecule has 2 fully saturated rings. The van der Waals surface area contributed by atoms with E-state index in [1.54, 1.807) is 12.1 Å². The Balaban J connectivity index is 0.00000120. The Bertz CT molecular complexity index is 429. The number of halogens is 1. The van der Waals surface area contributed by atoms with E-state index in [2.05, 4.69) is 5.32 Å². The van der Waals surface area contributed by atoms with Crippen LogP contribution < -0.4 is 11.1 Å². The Morgan fingerprint density at radius 2 is 1.83 bits per heavy atom. The molecule has 0 radical (unpaired) electrons. The predicted molar refractivity (Wildman–Crippen MR) is 74.8 cm³/mol. The number of hydrogen-bond donors (Lipinski definition) is 2. The van der Waals surface area contributed by atoms with E-state index in [4.69, 9.17) is 5.73 Å². The number of carbonyl (C=O) groups is 1. The Kier molecular flexibility index (Phi) is 3.81. The summed E-state index contributed by atoms with van der Waals surface area (Å²) in [5.41, 5.74) is 7.01. The zero-order valence-electron chi connectivity index (χ0n) is 10.3. The molecule has 98 valence electrons. The molecule has 2 aliphatic carbocycles.